The smallest absolute Gasteiger partial charge is 0.246 e. The van der Waals surface area contributed by atoms with Crippen LogP contribution in [0.25, 0.3) is 0 Å². The molecule has 0 radical (unpaired) electrons. The van der Waals surface area contributed by atoms with Gasteiger partial charge >= 0.3 is 0 Å². The van der Waals surface area contributed by atoms with Gasteiger partial charge in [0, 0.05) is 44.3 Å². The van der Waals surface area contributed by atoms with Gasteiger partial charge in [-0.3, -0.25) is 9.69 Å². The molecule has 25 heavy (non-hydrogen) atoms. The van der Waals surface area contributed by atoms with Crippen LogP contribution in [0.1, 0.15) is 13.8 Å². The summed E-state index contributed by atoms with van der Waals surface area (Å²) in [6.45, 7) is 6.72. The molecule has 1 aromatic rings. The Morgan fingerprint density at radius 1 is 1.20 bits per heavy atom. The lowest BCUT2D eigenvalue weighted by Crippen LogP contribution is -2.51. The van der Waals surface area contributed by atoms with Crippen molar-refractivity contribution in [2.75, 3.05) is 45.8 Å². The first-order valence-electron chi connectivity index (χ1n) is 8.25. The Balaban J connectivity index is 2.00. The second-order valence-corrected chi connectivity index (χ2v) is 8.16. The minimum Gasteiger partial charge on any atom is -0.342 e. The Morgan fingerprint density at radius 3 is 2.32 bits per heavy atom. The molecule has 0 unspecified atom stereocenters. The molecule has 0 saturated carbocycles. The fraction of sp³-hybridized carbons (Fsp3) is 0.562. The molecule has 6 nitrogen and oxygen atoms in total. The van der Waals surface area contributed by atoms with Crippen LogP contribution < -0.4 is 0 Å². The van der Waals surface area contributed by atoms with Gasteiger partial charge in [0.15, 0.2) is 0 Å². The molecule has 1 aliphatic rings. The molecule has 140 valence electrons. The van der Waals surface area contributed by atoms with Gasteiger partial charge in [0.05, 0.1) is 6.54 Å². The Bertz CT molecular complexity index is 717. The number of hydrogen-bond donors (Lipinski definition) is 0. The summed E-state index contributed by atoms with van der Waals surface area (Å²) in [7, 11) is -3.91. The quantitative estimate of drug-likeness (QED) is 0.739. The zero-order valence-electron chi connectivity index (χ0n) is 14.4. The van der Waals surface area contributed by atoms with Crippen LogP contribution >= 0.6 is 11.6 Å². The van der Waals surface area contributed by atoms with Gasteiger partial charge in [0.2, 0.25) is 15.9 Å². The van der Waals surface area contributed by atoms with Crippen molar-refractivity contribution in [3.05, 3.63) is 29.0 Å². The van der Waals surface area contributed by atoms with Gasteiger partial charge < -0.3 is 4.90 Å². The highest BCUT2D eigenvalue weighted by Gasteiger charge is 2.31. The molecular weight excluding hydrogens is 369 g/mol. The molecular formula is C16H23ClFN3O3S. The maximum absolute atomic E-state index is 14.0. The number of carbonyl (C=O) groups excluding carboxylic acids is 1. The van der Waals surface area contributed by atoms with Crippen LogP contribution in [0.4, 0.5) is 4.39 Å². The molecule has 0 N–H and O–H groups in total. The van der Waals surface area contributed by atoms with Crippen LogP contribution in [-0.4, -0.2) is 74.2 Å². The van der Waals surface area contributed by atoms with Crippen molar-refractivity contribution in [2.45, 2.75) is 18.7 Å². The maximum atomic E-state index is 14.0. The van der Waals surface area contributed by atoms with Gasteiger partial charge in [-0.25, -0.2) is 12.8 Å². The Kier molecular flexibility index (Phi) is 6.79. The monoisotopic (exact) mass is 391 g/mol. The van der Waals surface area contributed by atoms with Crippen molar-refractivity contribution in [1.29, 1.82) is 0 Å². The number of nitrogens with zero attached hydrogens (tertiary/aromatic N) is 3. The molecule has 1 saturated heterocycles. The third-order valence-electron chi connectivity index (χ3n) is 4.32. The number of amides is 1. The van der Waals surface area contributed by atoms with Crippen LogP contribution in [0.3, 0.4) is 0 Å². The molecule has 0 bridgehead atoms. The SMILES string of the molecule is CCN(CC)C(=O)CN1CCN(S(=O)(=O)c2ccc(Cl)cc2F)CC1. The zero-order chi connectivity index (χ0) is 18.6. The molecule has 1 aromatic carbocycles. The molecule has 0 atom stereocenters. The average Bonchev–Trinajstić information content (AvgIpc) is 2.56. The topological polar surface area (TPSA) is 60.9 Å². The largest absolute Gasteiger partial charge is 0.342 e. The Morgan fingerprint density at radius 2 is 1.80 bits per heavy atom. The Labute approximate surface area is 153 Å². The fourth-order valence-electron chi connectivity index (χ4n) is 2.82. The highest BCUT2D eigenvalue weighted by atomic mass is 35.5. The number of rotatable bonds is 6. The minimum atomic E-state index is -3.91. The van der Waals surface area contributed by atoms with Crippen LogP contribution in [0.2, 0.25) is 5.02 Å². The molecule has 0 aromatic heterocycles. The molecule has 1 amide bonds. The molecule has 0 spiro atoms. The molecule has 1 heterocycles. The standard InChI is InChI=1S/C16H23ClFN3O3S/c1-3-20(4-2)16(22)12-19-7-9-21(10-8-19)25(23,24)15-6-5-13(17)11-14(15)18/h5-6,11H,3-4,7-10,12H2,1-2H3. The first kappa shape index (κ1) is 20.1. The Hall–Kier alpha value is -1.22. The van der Waals surface area contributed by atoms with E-state index in [1.165, 1.54) is 16.4 Å². The predicted molar refractivity (Wildman–Crippen MR) is 94.5 cm³/mol. The van der Waals surface area contributed by atoms with Crippen molar-refractivity contribution >= 4 is 27.5 Å². The highest BCUT2D eigenvalue weighted by Crippen LogP contribution is 2.23. The molecule has 1 aliphatic heterocycles. The third kappa shape index (κ3) is 4.69. The lowest BCUT2D eigenvalue weighted by molar-refractivity contribution is -0.132. The number of piperazine rings is 1. The second-order valence-electron chi connectivity index (χ2n) is 5.82. The van der Waals surface area contributed by atoms with Crippen LogP contribution in [0.5, 0.6) is 0 Å². The van der Waals surface area contributed by atoms with E-state index in [0.29, 0.717) is 26.2 Å². The fourth-order valence-corrected chi connectivity index (χ4v) is 4.45. The van der Waals surface area contributed by atoms with E-state index in [-0.39, 0.29) is 35.5 Å². The number of benzene rings is 1. The van der Waals surface area contributed by atoms with Crippen LogP contribution in [0, 0.1) is 5.82 Å². The molecule has 0 aliphatic carbocycles. The van der Waals surface area contributed by atoms with Gasteiger partial charge in [-0.2, -0.15) is 4.31 Å². The number of halogens is 2. The van der Waals surface area contributed by atoms with E-state index < -0.39 is 15.8 Å². The van der Waals surface area contributed by atoms with Crippen molar-refractivity contribution in [1.82, 2.24) is 14.1 Å². The van der Waals surface area contributed by atoms with E-state index in [9.17, 15) is 17.6 Å². The first-order chi connectivity index (χ1) is 11.8. The van der Waals surface area contributed by atoms with E-state index in [4.69, 9.17) is 11.6 Å². The van der Waals surface area contributed by atoms with Crippen molar-refractivity contribution in [3.8, 4) is 0 Å². The van der Waals surface area contributed by atoms with Gasteiger partial charge in [0.25, 0.3) is 0 Å². The predicted octanol–water partition coefficient (Wildman–Crippen LogP) is 1.65. The van der Waals surface area contributed by atoms with E-state index in [0.717, 1.165) is 6.07 Å². The summed E-state index contributed by atoms with van der Waals surface area (Å²) in [6.07, 6.45) is 0. The second kappa shape index (κ2) is 8.44. The first-order valence-corrected chi connectivity index (χ1v) is 10.1. The third-order valence-corrected chi connectivity index (χ3v) is 6.49. The molecule has 2 rings (SSSR count). The minimum absolute atomic E-state index is 0.0325. The molecule has 9 heteroatoms. The van der Waals surface area contributed by atoms with Crippen molar-refractivity contribution in [3.63, 3.8) is 0 Å². The summed E-state index contributed by atoms with van der Waals surface area (Å²) in [5.41, 5.74) is 0. The zero-order valence-corrected chi connectivity index (χ0v) is 16.0. The van der Waals surface area contributed by atoms with Gasteiger partial charge in [-0.05, 0) is 32.0 Å². The number of hydrogen-bond acceptors (Lipinski definition) is 4. The molecule has 1 fully saturated rings. The summed E-state index contributed by atoms with van der Waals surface area (Å²) in [5, 5.41) is 0.149. The summed E-state index contributed by atoms with van der Waals surface area (Å²) in [6, 6.07) is 3.53. The summed E-state index contributed by atoms with van der Waals surface area (Å²) < 4.78 is 40.4. The summed E-state index contributed by atoms with van der Waals surface area (Å²) in [4.78, 5) is 15.4. The van der Waals surface area contributed by atoms with E-state index in [2.05, 4.69) is 0 Å². The van der Waals surface area contributed by atoms with E-state index in [1.807, 2.05) is 18.7 Å². The van der Waals surface area contributed by atoms with Crippen molar-refractivity contribution in [2.24, 2.45) is 0 Å². The van der Waals surface area contributed by atoms with Crippen LogP contribution in [-0.2, 0) is 14.8 Å². The summed E-state index contributed by atoms with van der Waals surface area (Å²) >= 11 is 5.68. The number of likely N-dealkylation sites (N-methyl/N-ethyl adjacent to an activating group) is 1. The lowest BCUT2D eigenvalue weighted by atomic mass is 10.3. The normalized spacial score (nSPS) is 16.8. The average molecular weight is 392 g/mol. The number of sulfonamides is 1. The van der Waals surface area contributed by atoms with E-state index in [1.54, 1.807) is 4.90 Å². The number of carbonyl (C=O) groups is 1. The van der Waals surface area contributed by atoms with Gasteiger partial charge in [-0.15, -0.1) is 0 Å². The van der Waals surface area contributed by atoms with Crippen LogP contribution in [0.15, 0.2) is 23.1 Å². The highest BCUT2D eigenvalue weighted by molar-refractivity contribution is 7.89. The maximum Gasteiger partial charge on any atom is 0.246 e. The van der Waals surface area contributed by atoms with Gasteiger partial charge in [0.1, 0.15) is 10.7 Å². The summed E-state index contributed by atoms with van der Waals surface area (Å²) in [5.74, 6) is -0.823. The van der Waals surface area contributed by atoms with Crippen molar-refractivity contribution < 1.29 is 17.6 Å². The lowest BCUT2D eigenvalue weighted by Gasteiger charge is -2.34. The van der Waals surface area contributed by atoms with Gasteiger partial charge in [-0.1, -0.05) is 11.6 Å². The van der Waals surface area contributed by atoms with E-state index >= 15 is 0 Å².